The number of furan rings is 1. The fourth-order valence-corrected chi connectivity index (χ4v) is 7.14. The molecule has 0 fully saturated rings. The van der Waals surface area contributed by atoms with Crippen molar-refractivity contribution in [3.63, 3.8) is 0 Å². The van der Waals surface area contributed by atoms with E-state index >= 15 is 0 Å². The number of nitrogens with zero attached hydrogens (tertiary/aromatic N) is 1. The monoisotopic (exact) mass is 634 g/mol. The average Bonchev–Trinajstić information content (AvgIpc) is 3.65. The summed E-state index contributed by atoms with van der Waals surface area (Å²) in [5, 5.41) is 10.0. The van der Waals surface area contributed by atoms with Crippen LogP contribution in [0.1, 0.15) is 37.2 Å². The summed E-state index contributed by atoms with van der Waals surface area (Å²) < 4.78 is 6.53. The summed E-state index contributed by atoms with van der Waals surface area (Å²) in [4.78, 5) is 4.92. The number of pyridine rings is 1. The first-order valence-corrected chi connectivity index (χ1v) is 17.2. The van der Waals surface area contributed by atoms with Crippen molar-refractivity contribution in [2.24, 2.45) is 5.73 Å². The van der Waals surface area contributed by atoms with Gasteiger partial charge in [0.25, 0.3) is 0 Å². The molecule has 0 saturated carbocycles. The van der Waals surface area contributed by atoms with Gasteiger partial charge in [0, 0.05) is 29.4 Å². The number of rotatable bonds is 8. The number of aryl methyl sites for hydroxylation is 1. The molecular weight excluding hydrogens is 597 g/mol. The topological polar surface area (TPSA) is 52.0 Å². The minimum Gasteiger partial charge on any atom is -0.456 e. The molecule has 238 valence electrons. The highest BCUT2D eigenvalue weighted by atomic mass is 16.3. The van der Waals surface area contributed by atoms with Gasteiger partial charge in [0.05, 0.1) is 5.69 Å². The minimum absolute atomic E-state index is 0.388. The van der Waals surface area contributed by atoms with Gasteiger partial charge in [-0.05, 0) is 103 Å². The van der Waals surface area contributed by atoms with Crippen LogP contribution in [-0.4, -0.2) is 11.5 Å². The number of hydrogen-bond acceptors (Lipinski definition) is 3. The molecule has 8 rings (SSSR count). The van der Waals surface area contributed by atoms with E-state index in [1.807, 2.05) is 18.3 Å². The third-order valence-electron chi connectivity index (χ3n) is 9.80. The summed E-state index contributed by atoms with van der Waals surface area (Å²) in [6.45, 7) is 4.73. The number of aromatic nitrogens is 1. The maximum absolute atomic E-state index is 6.53. The van der Waals surface area contributed by atoms with Crippen molar-refractivity contribution in [1.29, 1.82) is 0 Å². The summed E-state index contributed by atoms with van der Waals surface area (Å²) in [5.74, 6) is 1.61. The lowest BCUT2D eigenvalue weighted by Gasteiger charge is -2.11. The van der Waals surface area contributed by atoms with Crippen LogP contribution < -0.4 is 5.73 Å². The molecule has 0 amide bonds. The average molecular weight is 635 g/mol. The van der Waals surface area contributed by atoms with Crippen molar-refractivity contribution in [3.05, 3.63) is 162 Å². The molecule has 2 aromatic heterocycles. The molecule has 0 atom stereocenters. The van der Waals surface area contributed by atoms with Crippen LogP contribution in [0, 0.1) is 0 Å². The van der Waals surface area contributed by atoms with Gasteiger partial charge in [-0.3, -0.25) is 4.98 Å². The Kier molecular flexibility index (Phi) is 8.12. The molecule has 3 nitrogen and oxygen atoms in total. The van der Waals surface area contributed by atoms with E-state index in [1.165, 1.54) is 48.7 Å². The third-order valence-corrected chi connectivity index (χ3v) is 9.80. The molecule has 0 spiro atoms. The molecule has 0 radical (unpaired) electrons. The maximum atomic E-state index is 6.53. The van der Waals surface area contributed by atoms with Gasteiger partial charge >= 0.3 is 0 Å². The molecule has 6 aromatic carbocycles. The largest absolute Gasteiger partial charge is 0.456 e. The number of fused-ring (bicyclic) bond motifs is 6. The number of hydrogen-bond donors (Lipinski definition) is 1. The zero-order valence-electron chi connectivity index (χ0n) is 27.9. The second-order valence-electron chi connectivity index (χ2n) is 12.6. The van der Waals surface area contributed by atoms with Gasteiger partial charge in [-0.15, -0.1) is 0 Å². The van der Waals surface area contributed by atoms with Crippen molar-refractivity contribution in [2.75, 3.05) is 6.54 Å². The van der Waals surface area contributed by atoms with Gasteiger partial charge in [0.2, 0.25) is 0 Å². The number of nitrogens with two attached hydrogens (primary N) is 1. The molecule has 2 N–H and O–H groups in total. The van der Waals surface area contributed by atoms with Crippen LogP contribution >= 0.6 is 0 Å². The first kappa shape index (κ1) is 30.6. The van der Waals surface area contributed by atoms with E-state index < -0.39 is 0 Å². The molecular formula is C46H38N2O. The van der Waals surface area contributed by atoms with Crippen molar-refractivity contribution in [2.45, 2.75) is 26.7 Å². The van der Waals surface area contributed by atoms with E-state index in [0.717, 1.165) is 57.9 Å². The van der Waals surface area contributed by atoms with Gasteiger partial charge < -0.3 is 10.2 Å². The normalized spacial score (nSPS) is 12.5. The Labute approximate surface area is 287 Å². The molecule has 0 bridgehead atoms. The van der Waals surface area contributed by atoms with Gasteiger partial charge in [0.15, 0.2) is 0 Å². The number of benzene rings is 6. The highest BCUT2D eigenvalue weighted by molar-refractivity contribution is 6.09. The lowest BCUT2D eigenvalue weighted by atomic mass is 9.97. The summed E-state index contributed by atoms with van der Waals surface area (Å²) in [6, 6.07) is 45.5. The standard InChI is InChI=1S/C46H38N2O/c1-3-31(15-13-30-14-21-40-35(25-30)18-16-33-9-5-7-11-38(33)40)42(28-47)45-23-24-46(49-45)43-29-48-44(27-32(43)4-2)37-20-22-41-36(26-37)19-17-34-10-6-8-12-39(34)41/h5-27,29H,3-4,28,47H2,1-2H3/b15-13+,42-31+. The van der Waals surface area contributed by atoms with Gasteiger partial charge in [-0.1, -0.05) is 123 Å². The Hall–Kier alpha value is -5.77. The van der Waals surface area contributed by atoms with E-state index in [9.17, 15) is 0 Å². The lowest BCUT2D eigenvalue weighted by molar-refractivity contribution is 0.564. The lowest BCUT2D eigenvalue weighted by Crippen LogP contribution is -2.04. The summed E-state index contributed by atoms with van der Waals surface area (Å²) in [6.07, 6.45) is 8.03. The van der Waals surface area contributed by atoms with Crippen molar-refractivity contribution < 1.29 is 4.42 Å². The van der Waals surface area contributed by atoms with Crippen LogP contribution in [0.5, 0.6) is 0 Å². The molecule has 0 aliphatic carbocycles. The fraction of sp³-hybridized carbons (Fsp3) is 0.109. The second-order valence-corrected chi connectivity index (χ2v) is 12.6. The quantitative estimate of drug-likeness (QED) is 0.134. The molecule has 0 saturated heterocycles. The Balaban J connectivity index is 1.08. The number of allylic oxidation sites excluding steroid dienone is 2. The van der Waals surface area contributed by atoms with Gasteiger partial charge in [-0.25, -0.2) is 0 Å². The zero-order chi connectivity index (χ0) is 33.3. The predicted octanol–water partition coefficient (Wildman–Crippen LogP) is 12.0. The molecule has 3 heteroatoms. The molecule has 49 heavy (non-hydrogen) atoms. The Bertz CT molecular complexity index is 2570. The van der Waals surface area contributed by atoms with Crippen LogP contribution in [0.4, 0.5) is 0 Å². The van der Waals surface area contributed by atoms with E-state index in [1.54, 1.807) is 0 Å². The molecule has 2 heterocycles. The van der Waals surface area contributed by atoms with Crippen molar-refractivity contribution >= 4 is 54.7 Å². The Morgan fingerprint density at radius 2 is 1.33 bits per heavy atom. The maximum Gasteiger partial charge on any atom is 0.136 e. The van der Waals surface area contributed by atoms with Crippen LogP contribution in [0.3, 0.4) is 0 Å². The molecule has 0 aliphatic heterocycles. The van der Waals surface area contributed by atoms with Gasteiger partial charge in [-0.2, -0.15) is 0 Å². The smallest absolute Gasteiger partial charge is 0.136 e. The SMILES string of the molecule is CCC(/C=C/c1ccc2c(ccc3ccccc32)c1)=C(/CN)c1ccc(-c2cnc(-c3ccc4c(ccc5ccccc54)c3)cc2CC)o1. The first-order chi connectivity index (χ1) is 24.1. The minimum atomic E-state index is 0.388. The fourth-order valence-electron chi connectivity index (χ4n) is 7.14. The van der Waals surface area contributed by atoms with Crippen LogP contribution in [0.2, 0.25) is 0 Å². The highest BCUT2D eigenvalue weighted by Gasteiger charge is 2.15. The van der Waals surface area contributed by atoms with E-state index in [2.05, 4.69) is 141 Å². The predicted molar refractivity (Wildman–Crippen MR) is 209 cm³/mol. The Morgan fingerprint density at radius 3 is 2.02 bits per heavy atom. The molecule has 0 aliphatic rings. The van der Waals surface area contributed by atoms with Crippen LogP contribution in [0.15, 0.2) is 150 Å². The van der Waals surface area contributed by atoms with E-state index in [-0.39, 0.29) is 0 Å². The van der Waals surface area contributed by atoms with Crippen LogP contribution in [-0.2, 0) is 6.42 Å². The zero-order valence-corrected chi connectivity index (χ0v) is 27.9. The molecule has 0 unspecified atom stereocenters. The van der Waals surface area contributed by atoms with E-state index in [4.69, 9.17) is 15.1 Å². The summed E-state index contributed by atoms with van der Waals surface area (Å²) in [7, 11) is 0. The summed E-state index contributed by atoms with van der Waals surface area (Å²) in [5.41, 5.74) is 14.0. The molecule has 8 aromatic rings. The third kappa shape index (κ3) is 5.73. The highest BCUT2D eigenvalue weighted by Crippen LogP contribution is 2.34. The summed E-state index contributed by atoms with van der Waals surface area (Å²) >= 11 is 0. The second kappa shape index (κ2) is 13.0. The van der Waals surface area contributed by atoms with E-state index in [0.29, 0.717) is 6.54 Å². The first-order valence-electron chi connectivity index (χ1n) is 17.2. The van der Waals surface area contributed by atoms with Gasteiger partial charge in [0.1, 0.15) is 11.5 Å². The van der Waals surface area contributed by atoms with Crippen LogP contribution in [0.25, 0.3) is 77.3 Å². The van der Waals surface area contributed by atoms with Crippen molar-refractivity contribution in [1.82, 2.24) is 4.98 Å². The Morgan fingerprint density at radius 1 is 0.673 bits per heavy atom. The van der Waals surface area contributed by atoms with Crippen molar-refractivity contribution in [3.8, 4) is 22.6 Å².